The Kier molecular flexibility index (Phi) is 2.37. The third-order valence-electron chi connectivity index (χ3n) is 2.62. The molecule has 2 bridgehead atoms. The van der Waals surface area contributed by atoms with E-state index in [1.165, 1.54) is 25.9 Å². The van der Waals surface area contributed by atoms with Gasteiger partial charge in [-0.25, -0.2) is 0 Å². The van der Waals surface area contributed by atoms with Gasteiger partial charge < -0.3 is 10.0 Å². The fourth-order valence-corrected chi connectivity index (χ4v) is 1.93. The van der Waals surface area contributed by atoms with E-state index in [9.17, 15) is 5.11 Å². The first-order valence-electron chi connectivity index (χ1n) is 3.76. The van der Waals surface area contributed by atoms with Crippen LogP contribution in [0.15, 0.2) is 0 Å². The highest BCUT2D eigenvalue weighted by atomic mass is 16.3. The molecule has 0 aromatic heterocycles. The second kappa shape index (κ2) is 2.93. The fraction of sp³-hybridized carbons (Fsp3) is 1.00. The summed E-state index contributed by atoms with van der Waals surface area (Å²) < 4.78 is 0. The summed E-state index contributed by atoms with van der Waals surface area (Å²) in [6.07, 6.45) is 2.44. The number of aliphatic hydroxyl groups excluding tert-OH is 1. The summed E-state index contributed by atoms with van der Waals surface area (Å²) in [7, 11) is 0. The molecule has 1 N–H and O–H groups in total. The minimum absolute atomic E-state index is 0. The Morgan fingerprint density at radius 1 is 1.20 bits per heavy atom. The molecule has 3 aliphatic rings. The Balaban J connectivity index is 0.000000500. The van der Waals surface area contributed by atoms with Crippen molar-refractivity contribution in [2.45, 2.75) is 18.9 Å². The summed E-state index contributed by atoms with van der Waals surface area (Å²) in [5.74, 6) is 0.634. The van der Waals surface area contributed by atoms with Crippen LogP contribution in [0.4, 0.5) is 0 Å². The number of hydrogen-bond donors (Lipinski definition) is 1. The van der Waals surface area contributed by atoms with Crippen LogP contribution in [0.25, 0.3) is 0 Å². The number of hydrogen-bond acceptors (Lipinski definition) is 2. The standard InChI is InChI=1S/C7H13NO.B/c9-7-5-8-3-1-6(7)2-4-8;/h6-7,9H,1-5H2;. The molecule has 3 heteroatoms. The van der Waals surface area contributed by atoms with Crippen molar-refractivity contribution in [1.82, 2.24) is 4.90 Å². The van der Waals surface area contributed by atoms with Crippen LogP contribution in [-0.2, 0) is 0 Å². The van der Waals surface area contributed by atoms with Crippen LogP contribution < -0.4 is 0 Å². The maximum atomic E-state index is 9.36. The maximum Gasteiger partial charge on any atom is 0.0696 e. The van der Waals surface area contributed by atoms with Crippen molar-refractivity contribution >= 4 is 8.41 Å². The van der Waals surface area contributed by atoms with Gasteiger partial charge in [-0.2, -0.15) is 0 Å². The molecule has 0 amide bonds. The van der Waals surface area contributed by atoms with Crippen molar-refractivity contribution < 1.29 is 5.11 Å². The van der Waals surface area contributed by atoms with Gasteiger partial charge in [0.25, 0.3) is 0 Å². The summed E-state index contributed by atoms with van der Waals surface area (Å²) in [6, 6.07) is 0. The van der Waals surface area contributed by atoms with Crippen molar-refractivity contribution in [3.05, 3.63) is 0 Å². The van der Waals surface area contributed by atoms with Crippen molar-refractivity contribution in [2.24, 2.45) is 5.92 Å². The molecule has 55 valence electrons. The molecule has 0 aromatic carbocycles. The van der Waals surface area contributed by atoms with E-state index in [1.54, 1.807) is 0 Å². The van der Waals surface area contributed by atoms with Crippen molar-refractivity contribution in [1.29, 1.82) is 0 Å². The number of nitrogens with zero attached hydrogens (tertiary/aromatic N) is 1. The molecule has 2 nitrogen and oxygen atoms in total. The quantitative estimate of drug-likeness (QED) is 0.464. The van der Waals surface area contributed by atoms with Crippen LogP contribution in [0.1, 0.15) is 12.8 Å². The summed E-state index contributed by atoms with van der Waals surface area (Å²) in [4.78, 5) is 2.35. The van der Waals surface area contributed by atoms with Crippen LogP contribution in [0.3, 0.4) is 0 Å². The predicted octanol–water partition coefficient (Wildman–Crippen LogP) is -0.308. The van der Waals surface area contributed by atoms with Gasteiger partial charge in [-0.15, -0.1) is 0 Å². The van der Waals surface area contributed by atoms with Crippen LogP contribution in [0.2, 0.25) is 0 Å². The largest absolute Gasteiger partial charge is 0.392 e. The maximum absolute atomic E-state index is 9.36. The molecule has 0 aliphatic carbocycles. The summed E-state index contributed by atoms with van der Waals surface area (Å²) >= 11 is 0. The first-order valence-corrected chi connectivity index (χ1v) is 3.76. The Labute approximate surface area is 63.8 Å². The van der Waals surface area contributed by atoms with E-state index < -0.39 is 0 Å². The monoisotopic (exact) mass is 138 g/mol. The van der Waals surface area contributed by atoms with E-state index in [4.69, 9.17) is 0 Å². The number of fused-ring (bicyclic) bond motifs is 3. The van der Waals surface area contributed by atoms with Crippen molar-refractivity contribution in [3.63, 3.8) is 0 Å². The molecule has 0 saturated carbocycles. The van der Waals surface area contributed by atoms with E-state index in [1.807, 2.05) is 0 Å². The van der Waals surface area contributed by atoms with Crippen LogP contribution >= 0.6 is 0 Å². The molecule has 3 saturated heterocycles. The smallest absolute Gasteiger partial charge is 0.0696 e. The van der Waals surface area contributed by atoms with Gasteiger partial charge in [0.1, 0.15) is 0 Å². The lowest BCUT2D eigenvalue weighted by Crippen LogP contribution is -2.50. The van der Waals surface area contributed by atoms with Gasteiger partial charge in [-0.3, -0.25) is 0 Å². The second-order valence-electron chi connectivity index (χ2n) is 3.21. The lowest BCUT2D eigenvalue weighted by molar-refractivity contribution is -0.0227. The lowest BCUT2D eigenvalue weighted by atomic mass is 9.86. The highest BCUT2D eigenvalue weighted by Crippen LogP contribution is 2.26. The van der Waals surface area contributed by atoms with E-state index in [0.29, 0.717) is 5.92 Å². The molecule has 1 atom stereocenters. The highest BCUT2D eigenvalue weighted by Gasteiger charge is 2.32. The lowest BCUT2D eigenvalue weighted by Gasteiger charge is -2.42. The molecule has 3 aliphatic heterocycles. The average molecular weight is 138 g/mol. The average Bonchev–Trinajstić information content (AvgIpc) is 1.90. The molecule has 0 aromatic rings. The molecule has 10 heavy (non-hydrogen) atoms. The van der Waals surface area contributed by atoms with Gasteiger partial charge in [0.05, 0.1) is 6.10 Å². The topological polar surface area (TPSA) is 23.5 Å². The van der Waals surface area contributed by atoms with Crippen LogP contribution in [-0.4, -0.2) is 44.2 Å². The second-order valence-corrected chi connectivity index (χ2v) is 3.21. The molecule has 3 fully saturated rings. The number of piperidine rings is 3. The molecule has 3 rings (SSSR count). The number of rotatable bonds is 0. The van der Waals surface area contributed by atoms with E-state index in [0.717, 1.165) is 6.54 Å². The normalized spacial score (nSPS) is 44.7. The molecule has 3 heterocycles. The van der Waals surface area contributed by atoms with Crippen molar-refractivity contribution in [3.8, 4) is 0 Å². The molecule has 0 spiro atoms. The van der Waals surface area contributed by atoms with Gasteiger partial charge in [-0.05, 0) is 31.8 Å². The van der Waals surface area contributed by atoms with Crippen LogP contribution in [0, 0.1) is 5.92 Å². The first kappa shape index (κ1) is 8.09. The Morgan fingerprint density at radius 2 is 1.80 bits per heavy atom. The first-order chi connectivity index (χ1) is 4.36. The summed E-state index contributed by atoms with van der Waals surface area (Å²) in [5.41, 5.74) is 0. The van der Waals surface area contributed by atoms with Gasteiger partial charge in [-0.1, -0.05) is 0 Å². The third-order valence-corrected chi connectivity index (χ3v) is 2.62. The Bertz CT molecular complexity index is 112. The zero-order valence-electron chi connectivity index (χ0n) is 6.16. The molecular formula is C7H13BNO. The van der Waals surface area contributed by atoms with Gasteiger partial charge in [0.15, 0.2) is 0 Å². The molecule has 3 radical (unpaired) electrons. The fourth-order valence-electron chi connectivity index (χ4n) is 1.93. The summed E-state index contributed by atoms with van der Waals surface area (Å²) in [5, 5.41) is 9.36. The summed E-state index contributed by atoms with van der Waals surface area (Å²) in [6.45, 7) is 3.38. The van der Waals surface area contributed by atoms with Crippen molar-refractivity contribution in [2.75, 3.05) is 19.6 Å². The van der Waals surface area contributed by atoms with E-state index in [2.05, 4.69) is 4.90 Å². The Hall–Kier alpha value is -0.0151. The van der Waals surface area contributed by atoms with Gasteiger partial charge >= 0.3 is 0 Å². The minimum atomic E-state index is -0.00694. The minimum Gasteiger partial charge on any atom is -0.392 e. The zero-order chi connectivity index (χ0) is 6.27. The van der Waals surface area contributed by atoms with Gasteiger partial charge in [0.2, 0.25) is 0 Å². The van der Waals surface area contributed by atoms with Gasteiger partial charge in [0, 0.05) is 15.0 Å². The Morgan fingerprint density at radius 3 is 2.00 bits per heavy atom. The van der Waals surface area contributed by atoms with E-state index in [-0.39, 0.29) is 14.5 Å². The SMILES string of the molecule is OC1CN2CCC1CC2.[B]. The predicted molar refractivity (Wildman–Crippen MR) is 40.9 cm³/mol. The highest BCUT2D eigenvalue weighted by molar-refractivity contribution is 5.75. The third kappa shape index (κ3) is 1.20. The number of aliphatic hydroxyl groups is 1. The molecule has 1 unspecified atom stereocenters. The van der Waals surface area contributed by atoms with E-state index >= 15 is 0 Å². The zero-order valence-corrected chi connectivity index (χ0v) is 6.16. The molecular weight excluding hydrogens is 125 g/mol. The van der Waals surface area contributed by atoms with Crippen LogP contribution in [0.5, 0.6) is 0 Å².